The van der Waals surface area contributed by atoms with Gasteiger partial charge in [0.05, 0.1) is 5.56 Å². The molecule has 2 rings (SSSR count). The largest absolute Gasteiger partial charge is 0.416 e. The van der Waals surface area contributed by atoms with Crippen LogP contribution in [0.5, 0.6) is 0 Å². The molecule has 0 heterocycles. The molecule has 0 aliphatic heterocycles. The number of thioether (sulfide) groups is 1. The van der Waals surface area contributed by atoms with Crippen LogP contribution >= 0.6 is 11.8 Å². The van der Waals surface area contributed by atoms with E-state index < -0.39 is 11.7 Å². The van der Waals surface area contributed by atoms with E-state index in [2.05, 4.69) is 0 Å². The van der Waals surface area contributed by atoms with Crippen LogP contribution in [0.15, 0.2) is 23.1 Å². The molecule has 100 valence electrons. The second-order valence-electron chi connectivity index (χ2n) is 4.69. The van der Waals surface area contributed by atoms with E-state index in [1.54, 1.807) is 24.8 Å². The number of aryl methyl sites for hydroxylation is 1. The molecule has 1 saturated carbocycles. The van der Waals surface area contributed by atoms with Crippen LogP contribution in [0.4, 0.5) is 13.2 Å². The normalized spacial score (nSPS) is 17.3. The minimum Gasteiger partial charge on any atom is -0.166 e. The van der Waals surface area contributed by atoms with Gasteiger partial charge in [-0.1, -0.05) is 25.8 Å². The quantitative estimate of drug-likeness (QED) is 0.720. The summed E-state index contributed by atoms with van der Waals surface area (Å²) in [5, 5.41) is 0.499. The molecule has 0 radical (unpaired) electrons. The van der Waals surface area contributed by atoms with Crippen LogP contribution in [-0.2, 0) is 12.6 Å². The maximum atomic E-state index is 12.9. The fourth-order valence-electron chi connectivity index (χ4n) is 2.40. The summed E-state index contributed by atoms with van der Waals surface area (Å²) >= 11 is 1.60. The van der Waals surface area contributed by atoms with Gasteiger partial charge in [-0.05, 0) is 37.0 Å². The molecule has 0 nitrogen and oxygen atoms in total. The van der Waals surface area contributed by atoms with Gasteiger partial charge in [0.25, 0.3) is 0 Å². The van der Waals surface area contributed by atoms with Gasteiger partial charge in [0.2, 0.25) is 0 Å². The van der Waals surface area contributed by atoms with Crippen LogP contribution in [0, 0.1) is 0 Å². The Labute approximate surface area is 110 Å². The molecule has 0 spiro atoms. The van der Waals surface area contributed by atoms with Crippen molar-refractivity contribution in [3.63, 3.8) is 0 Å². The van der Waals surface area contributed by atoms with Gasteiger partial charge >= 0.3 is 6.18 Å². The van der Waals surface area contributed by atoms with Crippen molar-refractivity contribution in [1.29, 1.82) is 0 Å². The van der Waals surface area contributed by atoms with Crippen molar-refractivity contribution in [2.75, 3.05) is 0 Å². The third kappa shape index (κ3) is 3.22. The summed E-state index contributed by atoms with van der Waals surface area (Å²) in [4.78, 5) is 0.756. The van der Waals surface area contributed by atoms with Crippen LogP contribution in [-0.4, -0.2) is 5.25 Å². The monoisotopic (exact) mass is 274 g/mol. The van der Waals surface area contributed by atoms with Crippen molar-refractivity contribution in [2.45, 2.75) is 55.3 Å². The maximum Gasteiger partial charge on any atom is 0.416 e. The van der Waals surface area contributed by atoms with Gasteiger partial charge in [-0.3, -0.25) is 0 Å². The Hall–Kier alpha value is -0.640. The summed E-state index contributed by atoms with van der Waals surface area (Å²) < 4.78 is 38.8. The average Bonchev–Trinajstić information content (AvgIpc) is 2.80. The third-order valence-electron chi connectivity index (χ3n) is 3.37. The first-order chi connectivity index (χ1) is 8.50. The van der Waals surface area contributed by atoms with Crippen molar-refractivity contribution in [3.8, 4) is 0 Å². The molecule has 4 heteroatoms. The highest BCUT2D eigenvalue weighted by Crippen LogP contribution is 2.39. The van der Waals surface area contributed by atoms with E-state index in [0.29, 0.717) is 17.2 Å². The molecule has 0 atom stereocenters. The van der Waals surface area contributed by atoms with E-state index >= 15 is 0 Å². The minimum absolute atomic E-state index is 0.387. The van der Waals surface area contributed by atoms with Gasteiger partial charge < -0.3 is 0 Å². The average molecular weight is 274 g/mol. The lowest BCUT2D eigenvalue weighted by atomic mass is 10.1. The lowest BCUT2D eigenvalue weighted by molar-refractivity contribution is -0.138. The lowest BCUT2D eigenvalue weighted by Crippen LogP contribution is -2.09. The Balaban J connectivity index is 2.22. The number of benzene rings is 1. The molecule has 1 aliphatic carbocycles. The minimum atomic E-state index is -4.24. The zero-order chi connectivity index (χ0) is 13.2. The Bertz CT molecular complexity index is 406. The molecule has 0 amide bonds. The Kier molecular flexibility index (Phi) is 4.25. The van der Waals surface area contributed by atoms with E-state index in [1.807, 2.05) is 6.07 Å². The lowest BCUT2D eigenvalue weighted by Gasteiger charge is -2.15. The first kappa shape index (κ1) is 13.8. The second-order valence-corrected chi connectivity index (χ2v) is 6.07. The third-order valence-corrected chi connectivity index (χ3v) is 4.70. The van der Waals surface area contributed by atoms with Crippen molar-refractivity contribution in [1.82, 2.24) is 0 Å². The predicted octanol–water partition coefficient (Wildman–Crippen LogP) is 5.30. The molecule has 0 bridgehead atoms. The van der Waals surface area contributed by atoms with Gasteiger partial charge in [0.15, 0.2) is 0 Å². The molecular formula is C14H17F3S. The van der Waals surface area contributed by atoms with Crippen molar-refractivity contribution in [2.24, 2.45) is 0 Å². The van der Waals surface area contributed by atoms with Crippen molar-refractivity contribution in [3.05, 3.63) is 29.3 Å². The maximum absolute atomic E-state index is 12.9. The summed E-state index contributed by atoms with van der Waals surface area (Å²) in [5.41, 5.74) is -0.0775. The van der Waals surface area contributed by atoms with Crippen molar-refractivity contribution >= 4 is 11.8 Å². The van der Waals surface area contributed by atoms with Gasteiger partial charge in [0, 0.05) is 10.1 Å². The van der Waals surface area contributed by atoms with Gasteiger partial charge in [0.1, 0.15) is 0 Å². The van der Waals surface area contributed by atoms with Gasteiger partial charge in [-0.2, -0.15) is 13.2 Å². The number of hydrogen-bond donors (Lipinski definition) is 0. The molecular weight excluding hydrogens is 257 g/mol. The summed E-state index contributed by atoms with van der Waals surface area (Å²) in [6.45, 7) is 1.76. The summed E-state index contributed by atoms with van der Waals surface area (Å²) in [6, 6.07) is 4.78. The van der Waals surface area contributed by atoms with Crippen LogP contribution < -0.4 is 0 Å². The van der Waals surface area contributed by atoms with Crippen molar-refractivity contribution < 1.29 is 13.2 Å². The number of alkyl halides is 3. The zero-order valence-corrected chi connectivity index (χ0v) is 11.2. The number of halogens is 3. The summed E-state index contributed by atoms with van der Waals surface area (Å²) in [6.07, 6.45) is 0.845. The van der Waals surface area contributed by atoms with Crippen LogP contribution in [0.3, 0.4) is 0 Å². The summed E-state index contributed by atoms with van der Waals surface area (Å²) in [7, 11) is 0. The van der Waals surface area contributed by atoms with E-state index in [-0.39, 0.29) is 0 Å². The van der Waals surface area contributed by atoms with Gasteiger partial charge in [-0.25, -0.2) is 0 Å². The predicted molar refractivity (Wildman–Crippen MR) is 68.9 cm³/mol. The first-order valence-corrected chi connectivity index (χ1v) is 7.25. The van der Waals surface area contributed by atoms with E-state index in [9.17, 15) is 13.2 Å². The highest BCUT2D eigenvalue weighted by molar-refractivity contribution is 8.00. The van der Waals surface area contributed by atoms with E-state index in [1.165, 1.54) is 18.9 Å². The summed E-state index contributed by atoms with van der Waals surface area (Å²) in [5.74, 6) is 0. The number of hydrogen-bond acceptors (Lipinski definition) is 1. The molecule has 1 aromatic carbocycles. The zero-order valence-electron chi connectivity index (χ0n) is 10.4. The highest BCUT2D eigenvalue weighted by atomic mass is 32.2. The molecule has 1 fully saturated rings. The smallest absolute Gasteiger partial charge is 0.166 e. The topological polar surface area (TPSA) is 0 Å². The Morgan fingerprint density at radius 3 is 2.44 bits per heavy atom. The molecule has 0 saturated heterocycles. The first-order valence-electron chi connectivity index (χ1n) is 6.37. The van der Waals surface area contributed by atoms with Gasteiger partial charge in [-0.15, -0.1) is 11.8 Å². The highest BCUT2D eigenvalue weighted by Gasteiger charge is 2.33. The Morgan fingerprint density at radius 1 is 1.22 bits per heavy atom. The van der Waals surface area contributed by atoms with Crippen LogP contribution in [0.1, 0.15) is 43.7 Å². The van der Waals surface area contributed by atoms with Crippen LogP contribution in [0.2, 0.25) is 0 Å². The molecule has 1 aromatic rings. The van der Waals surface area contributed by atoms with E-state index in [4.69, 9.17) is 0 Å². The standard InChI is InChI=1S/C14H17F3S/c1-2-10-7-8-12(9-13(10)14(15,16)17)18-11-5-3-4-6-11/h7-9,11H,2-6H2,1H3. The molecule has 0 N–H and O–H groups in total. The molecule has 1 aliphatic rings. The SMILES string of the molecule is CCc1ccc(SC2CCCC2)cc1C(F)(F)F. The van der Waals surface area contributed by atoms with E-state index in [0.717, 1.165) is 17.7 Å². The Morgan fingerprint density at radius 2 is 1.89 bits per heavy atom. The fourth-order valence-corrected chi connectivity index (χ4v) is 3.69. The molecule has 18 heavy (non-hydrogen) atoms. The fraction of sp³-hybridized carbons (Fsp3) is 0.571. The number of rotatable bonds is 3. The molecule has 0 unspecified atom stereocenters. The second kappa shape index (κ2) is 5.55. The van der Waals surface area contributed by atoms with Crippen LogP contribution in [0.25, 0.3) is 0 Å². The molecule has 0 aromatic heterocycles.